The molecule has 0 amide bonds. The van der Waals surface area contributed by atoms with Gasteiger partial charge in [-0.05, 0) is 42.3 Å². The van der Waals surface area contributed by atoms with E-state index in [1.54, 1.807) is 12.1 Å². The van der Waals surface area contributed by atoms with E-state index in [0.717, 1.165) is 29.5 Å². The average molecular weight is 308 g/mol. The minimum Gasteiger partial charge on any atom is -0.312 e. The Balaban J connectivity index is 1.78. The monoisotopic (exact) mass is 307 g/mol. The standard InChI is InChI=1S/C15H15BrFN/c16-15-7-2-1-5-13(15)11-18-9-8-12-4-3-6-14(17)10-12/h1-7,10,18H,8-9,11H2. The lowest BCUT2D eigenvalue weighted by atomic mass is 10.1. The van der Waals surface area contributed by atoms with Gasteiger partial charge in [0.25, 0.3) is 0 Å². The summed E-state index contributed by atoms with van der Waals surface area (Å²) in [4.78, 5) is 0. The van der Waals surface area contributed by atoms with Crippen molar-refractivity contribution in [2.24, 2.45) is 0 Å². The maximum atomic E-state index is 13.0. The SMILES string of the molecule is Fc1cccc(CCNCc2ccccc2Br)c1. The van der Waals surface area contributed by atoms with Gasteiger partial charge in [0.1, 0.15) is 5.82 Å². The van der Waals surface area contributed by atoms with Gasteiger partial charge in [0.15, 0.2) is 0 Å². The Bertz CT molecular complexity index is 513. The minimum atomic E-state index is -0.168. The maximum absolute atomic E-state index is 13.0. The van der Waals surface area contributed by atoms with E-state index in [9.17, 15) is 4.39 Å². The molecule has 0 saturated carbocycles. The Morgan fingerprint density at radius 1 is 1.06 bits per heavy atom. The highest BCUT2D eigenvalue weighted by molar-refractivity contribution is 9.10. The van der Waals surface area contributed by atoms with Gasteiger partial charge in [-0.3, -0.25) is 0 Å². The van der Waals surface area contributed by atoms with Gasteiger partial charge in [-0.25, -0.2) is 4.39 Å². The molecule has 1 N–H and O–H groups in total. The van der Waals surface area contributed by atoms with Crippen molar-refractivity contribution in [2.75, 3.05) is 6.54 Å². The summed E-state index contributed by atoms with van der Waals surface area (Å²) in [7, 11) is 0. The first kappa shape index (κ1) is 13.2. The van der Waals surface area contributed by atoms with Crippen molar-refractivity contribution < 1.29 is 4.39 Å². The van der Waals surface area contributed by atoms with Crippen molar-refractivity contribution in [3.05, 3.63) is 69.9 Å². The molecular formula is C15H15BrFN. The fourth-order valence-electron chi connectivity index (χ4n) is 1.79. The van der Waals surface area contributed by atoms with Crippen LogP contribution in [0, 0.1) is 5.82 Å². The van der Waals surface area contributed by atoms with Gasteiger partial charge in [0.2, 0.25) is 0 Å². The summed E-state index contributed by atoms with van der Waals surface area (Å²) in [6.45, 7) is 1.65. The van der Waals surface area contributed by atoms with Crippen LogP contribution >= 0.6 is 15.9 Å². The average Bonchev–Trinajstić information content (AvgIpc) is 2.37. The van der Waals surface area contributed by atoms with Crippen LogP contribution in [0.1, 0.15) is 11.1 Å². The van der Waals surface area contributed by atoms with E-state index in [0.29, 0.717) is 0 Å². The van der Waals surface area contributed by atoms with Gasteiger partial charge in [-0.15, -0.1) is 0 Å². The molecule has 0 saturated heterocycles. The molecule has 0 aromatic heterocycles. The molecule has 0 heterocycles. The predicted octanol–water partition coefficient (Wildman–Crippen LogP) is 3.92. The molecule has 94 valence electrons. The van der Waals surface area contributed by atoms with E-state index in [1.807, 2.05) is 24.3 Å². The number of hydrogen-bond donors (Lipinski definition) is 1. The predicted molar refractivity (Wildman–Crippen MR) is 76.0 cm³/mol. The molecule has 2 aromatic carbocycles. The van der Waals surface area contributed by atoms with Crippen molar-refractivity contribution in [2.45, 2.75) is 13.0 Å². The third-order valence-corrected chi connectivity index (χ3v) is 3.53. The van der Waals surface area contributed by atoms with Crippen LogP contribution in [0.4, 0.5) is 4.39 Å². The topological polar surface area (TPSA) is 12.0 Å². The number of hydrogen-bond acceptors (Lipinski definition) is 1. The van der Waals surface area contributed by atoms with Crippen LogP contribution in [0.5, 0.6) is 0 Å². The van der Waals surface area contributed by atoms with Crippen LogP contribution in [0.2, 0.25) is 0 Å². The van der Waals surface area contributed by atoms with Crippen LogP contribution in [-0.4, -0.2) is 6.54 Å². The second-order valence-corrected chi connectivity index (χ2v) is 5.00. The summed E-state index contributed by atoms with van der Waals surface area (Å²) in [6, 6.07) is 14.9. The summed E-state index contributed by atoms with van der Waals surface area (Å²) in [5, 5.41) is 3.36. The molecule has 0 radical (unpaired) electrons. The van der Waals surface area contributed by atoms with Gasteiger partial charge in [0.05, 0.1) is 0 Å². The Morgan fingerprint density at radius 3 is 2.67 bits per heavy atom. The zero-order valence-corrected chi connectivity index (χ0v) is 11.6. The quantitative estimate of drug-likeness (QED) is 0.826. The molecule has 2 rings (SSSR count). The van der Waals surface area contributed by atoms with Crippen molar-refractivity contribution in [1.82, 2.24) is 5.32 Å². The number of nitrogens with one attached hydrogen (secondary N) is 1. The number of rotatable bonds is 5. The molecule has 0 fully saturated rings. The van der Waals surface area contributed by atoms with E-state index in [-0.39, 0.29) is 5.82 Å². The molecule has 0 bridgehead atoms. The first-order chi connectivity index (χ1) is 8.75. The number of halogens is 2. The largest absolute Gasteiger partial charge is 0.312 e. The highest BCUT2D eigenvalue weighted by Crippen LogP contribution is 2.15. The van der Waals surface area contributed by atoms with E-state index in [4.69, 9.17) is 0 Å². The van der Waals surface area contributed by atoms with Gasteiger partial charge in [0, 0.05) is 11.0 Å². The van der Waals surface area contributed by atoms with Crippen molar-refractivity contribution in [3.63, 3.8) is 0 Å². The summed E-state index contributed by atoms with van der Waals surface area (Å²) < 4.78 is 14.1. The van der Waals surface area contributed by atoms with Crippen molar-refractivity contribution in [3.8, 4) is 0 Å². The van der Waals surface area contributed by atoms with E-state index in [1.165, 1.54) is 11.6 Å². The Hall–Kier alpha value is -1.19. The van der Waals surface area contributed by atoms with Crippen molar-refractivity contribution >= 4 is 15.9 Å². The van der Waals surface area contributed by atoms with Gasteiger partial charge < -0.3 is 5.32 Å². The lowest BCUT2D eigenvalue weighted by molar-refractivity contribution is 0.622. The van der Waals surface area contributed by atoms with Crippen LogP contribution in [0.15, 0.2) is 53.0 Å². The molecular weight excluding hydrogens is 293 g/mol. The molecule has 0 aliphatic carbocycles. The van der Waals surface area contributed by atoms with Crippen molar-refractivity contribution in [1.29, 1.82) is 0 Å². The summed E-state index contributed by atoms with van der Waals surface area (Å²) in [5.74, 6) is -0.168. The summed E-state index contributed by atoms with van der Waals surface area (Å²) in [5.41, 5.74) is 2.26. The molecule has 2 aromatic rings. The maximum Gasteiger partial charge on any atom is 0.123 e. The lowest BCUT2D eigenvalue weighted by Gasteiger charge is -2.07. The molecule has 0 aliphatic heterocycles. The fourth-order valence-corrected chi connectivity index (χ4v) is 2.21. The molecule has 0 atom stereocenters. The van der Waals surface area contributed by atoms with Gasteiger partial charge >= 0.3 is 0 Å². The van der Waals surface area contributed by atoms with E-state index in [2.05, 4.69) is 27.3 Å². The number of benzene rings is 2. The Labute approximate surface area is 115 Å². The Kier molecular flexibility index (Phi) is 4.90. The fraction of sp³-hybridized carbons (Fsp3) is 0.200. The smallest absolute Gasteiger partial charge is 0.123 e. The highest BCUT2D eigenvalue weighted by Gasteiger charge is 1.98. The van der Waals surface area contributed by atoms with E-state index < -0.39 is 0 Å². The summed E-state index contributed by atoms with van der Waals surface area (Å²) in [6.07, 6.45) is 0.836. The lowest BCUT2D eigenvalue weighted by Crippen LogP contribution is -2.16. The van der Waals surface area contributed by atoms with Crippen LogP contribution in [-0.2, 0) is 13.0 Å². The third-order valence-electron chi connectivity index (χ3n) is 2.75. The third kappa shape index (κ3) is 3.93. The first-order valence-electron chi connectivity index (χ1n) is 5.94. The normalized spacial score (nSPS) is 10.6. The molecule has 0 unspecified atom stereocenters. The zero-order chi connectivity index (χ0) is 12.8. The second kappa shape index (κ2) is 6.66. The minimum absolute atomic E-state index is 0.168. The molecule has 0 spiro atoms. The van der Waals surface area contributed by atoms with Gasteiger partial charge in [-0.2, -0.15) is 0 Å². The van der Waals surface area contributed by atoms with Crippen LogP contribution in [0.3, 0.4) is 0 Å². The molecule has 3 heteroatoms. The molecule has 18 heavy (non-hydrogen) atoms. The van der Waals surface area contributed by atoms with Crippen LogP contribution < -0.4 is 5.32 Å². The zero-order valence-electron chi connectivity index (χ0n) is 10.00. The summed E-state index contributed by atoms with van der Waals surface area (Å²) >= 11 is 3.51. The first-order valence-corrected chi connectivity index (χ1v) is 6.73. The molecule has 0 aliphatic rings. The highest BCUT2D eigenvalue weighted by atomic mass is 79.9. The van der Waals surface area contributed by atoms with Gasteiger partial charge in [-0.1, -0.05) is 46.3 Å². The van der Waals surface area contributed by atoms with Crippen LogP contribution in [0.25, 0.3) is 0 Å². The molecule has 1 nitrogen and oxygen atoms in total. The second-order valence-electron chi connectivity index (χ2n) is 4.15. The Morgan fingerprint density at radius 2 is 1.89 bits per heavy atom. The van der Waals surface area contributed by atoms with E-state index >= 15 is 0 Å².